The van der Waals surface area contributed by atoms with Gasteiger partial charge in [0.15, 0.2) is 0 Å². The molecule has 8 heteroatoms. The molecule has 1 amide bonds. The molecule has 0 aliphatic carbocycles. The second-order valence-electron chi connectivity index (χ2n) is 7.27. The topological polar surface area (TPSA) is 66.5 Å². The van der Waals surface area contributed by atoms with Crippen molar-refractivity contribution in [1.29, 1.82) is 0 Å². The van der Waals surface area contributed by atoms with E-state index in [0.717, 1.165) is 5.56 Å². The van der Waals surface area contributed by atoms with Gasteiger partial charge in [-0.25, -0.2) is 17.1 Å². The van der Waals surface area contributed by atoms with Crippen molar-refractivity contribution in [3.05, 3.63) is 70.5 Å². The molecule has 0 spiro atoms. The predicted molar refractivity (Wildman–Crippen MR) is 111 cm³/mol. The maximum Gasteiger partial charge on any atom is 0.223 e. The highest BCUT2D eigenvalue weighted by Gasteiger charge is 2.32. The minimum atomic E-state index is -3.72. The molecule has 5 nitrogen and oxygen atoms in total. The fraction of sp³-hybridized carbons (Fsp3) is 0.381. The van der Waals surface area contributed by atoms with Gasteiger partial charge in [-0.15, -0.1) is 0 Å². The first kappa shape index (κ1) is 21.7. The highest BCUT2D eigenvalue weighted by Crippen LogP contribution is 2.26. The summed E-state index contributed by atoms with van der Waals surface area (Å²) in [7, 11) is -3.72. The molecule has 1 unspecified atom stereocenters. The Bertz CT molecular complexity index is 941. The van der Waals surface area contributed by atoms with Crippen LogP contribution in [0.25, 0.3) is 0 Å². The summed E-state index contributed by atoms with van der Waals surface area (Å²) >= 11 is 5.96. The Kier molecular flexibility index (Phi) is 6.93. The van der Waals surface area contributed by atoms with Crippen LogP contribution in [0, 0.1) is 11.7 Å². The molecule has 0 aromatic heterocycles. The number of halogens is 2. The largest absolute Gasteiger partial charge is 0.349 e. The van der Waals surface area contributed by atoms with Crippen molar-refractivity contribution < 1.29 is 17.6 Å². The van der Waals surface area contributed by atoms with E-state index in [-0.39, 0.29) is 41.5 Å². The zero-order valence-electron chi connectivity index (χ0n) is 16.1. The second-order valence-corrected chi connectivity index (χ2v) is 9.65. The van der Waals surface area contributed by atoms with Gasteiger partial charge in [-0.3, -0.25) is 4.79 Å². The SMILES string of the molecule is CC(NC(=O)C1CCN(S(=O)(=O)Cc2c(F)cccc2Cl)CC1)c1ccccc1. The maximum atomic E-state index is 14.0. The molecular weight excluding hydrogens is 415 g/mol. The number of sulfonamides is 1. The van der Waals surface area contributed by atoms with Gasteiger partial charge in [0.05, 0.1) is 11.8 Å². The maximum absolute atomic E-state index is 14.0. The highest BCUT2D eigenvalue weighted by molar-refractivity contribution is 7.88. The van der Waals surface area contributed by atoms with Crippen LogP contribution in [-0.4, -0.2) is 31.7 Å². The quantitative estimate of drug-likeness (QED) is 0.743. The van der Waals surface area contributed by atoms with Gasteiger partial charge < -0.3 is 5.32 Å². The molecule has 3 rings (SSSR count). The summed E-state index contributed by atoms with van der Waals surface area (Å²) in [6, 6.07) is 13.7. The van der Waals surface area contributed by atoms with E-state index in [1.807, 2.05) is 37.3 Å². The van der Waals surface area contributed by atoms with Gasteiger partial charge in [-0.1, -0.05) is 48.0 Å². The van der Waals surface area contributed by atoms with Crippen molar-refractivity contribution in [3.63, 3.8) is 0 Å². The Morgan fingerprint density at radius 2 is 1.83 bits per heavy atom. The first-order chi connectivity index (χ1) is 13.8. The minimum absolute atomic E-state index is 0.0225. The molecule has 1 aliphatic heterocycles. The van der Waals surface area contributed by atoms with Gasteiger partial charge >= 0.3 is 0 Å². The number of nitrogens with zero attached hydrogens (tertiary/aromatic N) is 1. The van der Waals surface area contributed by atoms with Crippen LogP contribution in [0.1, 0.15) is 36.9 Å². The van der Waals surface area contributed by atoms with Gasteiger partial charge in [0.1, 0.15) is 5.82 Å². The summed E-state index contributed by atoms with van der Waals surface area (Å²) in [5, 5.41) is 3.10. The fourth-order valence-electron chi connectivity index (χ4n) is 3.50. The standard InChI is InChI=1S/C21H24ClFN2O3S/c1-15(16-6-3-2-4-7-16)24-21(26)17-10-12-25(13-11-17)29(27,28)14-18-19(22)8-5-9-20(18)23/h2-9,15,17H,10-14H2,1H3,(H,24,26). The van der Waals surface area contributed by atoms with Gasteiger partial charge in [-0.05, 0) is 37.5 Å². The van der Waals surface area contributed by atoms with Crippen molar-refractivity contribution in [2.75, 3.05) is 13.1 Å². The lowest BCUT2D eigenvalue weighted by Crippen LogP contribution is -2.43. The van der Waals surface area contributed by atoms with Crippen molar-refractivity contribution in [3.8, 4) is 0 Å². The Morgan fingerprint density at radius 1 is 1.17 bits per heavy atom. The number of carbonyl (C=O) groups is 1. The normalized spacial score (nSPS) is 17.1. The molecule has 0 radical (unpaired) electrons. The third-order valence-electron chi connectivity index (χ3n) is 5.26. The molecule has 1 atom stereocenters. The van der Waals surface area contributed by atoms with E-state index in [2.05, 4.69) is 5.32 Å². The molecule has 1 N–H and O–H groups in total. The Hall–Kier alpha value is -1.96. The minimum Gasteiger partial charge on any atom is -0.349 e. The average molecular weight is 439 g/mol. The molecule has 1 fully saturated rings. The number of nitrogens with one attached hydrogen (secondary N) is 1. The lowest BCUT2D eigenvalue weighted by atomic mass is 9.96. The predicted octanol–water partition coefficient (Wildman–Crippen LogP) is 3.90. The highest BCUT2D eigenvalue weighted by atomic mass is 35.5. The molecule has 156 valence electrons. The van der Waals surface area contributed by atoms with E-state index in [1.165, 1.54) is 22.5 Å². The summed E-state index contributed by atoms with van der Waals surface area (Å²) in [5.74, 6) is -1.44. The number of hydrogen-bond acceptors (Lipinski definition) is 3. The number of carbonyl (C=O) groups excluding carboxylic acids is 1. The molecule has 0 saturated carbocycles. The summed E-state index contributed by atoms with van der Waals surface area (Å²) < 4.78 is 40.7. The van der Waals surface area contributed by atoms with Crippen LogP contribution in [-0.2, 0) is 20.6 Å². The third kappa shape index (κ3) is 5.35. The Balaban J connectivity index is 1.57. The van der Waals surface area contributed by atoms with E-state index < -0.39 is 21.6 Å². The van der Waals surface area contributed by atoms with Crippen LogP contribution in [0.2, 0.25) is 5.02 Å². The number of piperidine rings is 1. The molecule has 2 aromatic carbocycles. The van der Waals surface area contributed by atoms with Crippen molar-refractivity contribution in [2.24, 2.45) is 5.92 Å². The van der Waals surface area contributed by atoms with Crippen molar-refractivity contribution in [2.45, 2.75) is 31.6 Å². The van der Waals surface area contributed by atoms with Crippen LogP contribution in [0.15, 0.2) is 48.5 Å². The van der Waals surface area contributed by atoms with Gasteiger partial charge in [0, 0.05) is 29.6 Å². The number of hydrogen-bond donors (Lipinski definition) is 1. The molecule has 29 heavy (non-hydrogen) atoms. The van der Waals surface area contributed by atoms with Crippen molar-refractivity contribution in [1.82, 2.24) is 9.62 Å². The zero-order valence-corrected chi connectivity index (χ0v) is 17.7. The second kappa shape index (κ2) is 9.24. The fourth-order valence-corrected chi connectivity index (χ4v) is 5.41. The van der Waals surface area contributed by atoms with Crippen LogP contribution in [0.5, 0.6) is 0 Å². The molecule has 0 bridgehead atoms. The van der Waals surface area contributed by atoms with Gasteiger partial charge in [0.25, 0.3) is 0 Å². The van der Waals surface area contributed by atoms with Crippen LogP contribution < -0.4 is 5.32 Å². The van der Waals surface area contributed by atoms with Crippen LogP contribution in [0.3, 0.4) is 0 Å². The monoisotopic (exact) mass is 438 g/mol. The van der Waals surface area contributed by atoms with E-state index in [0.29, 0.717) is 12.8 Å². The first-order valence-corrected chi connectivity index (χ1v) is 11.5. The van der Waals surface area contributed by atoms with Crippen LogP contribution >= 0.6 is 11.6 Å². The Labute approximate surface area is 175 Å². The van der Waals surface area contributed by atoms with Gasteiger partial charge in [-0.2, -0.15) is 0 Å². The summed E-state index contributed by atoms with van der Waals surface area (Å²) in [6.45, 7) is 2.38. The lowest BCUT2D eigenvalue weighted by molar-refractivity contribution is -0.126. The number of amides is 1. The number of rotatable bonds is 6. The third-order valence-corrected chi connectivity index (χ3v) is 7.42. The number of benzene rings is 2. The van der Waals surface area contributed by atoms with E-state index in [9.17, 15) is 17.6 Å². The molecule has 1 saturated heterocycles. The molecule has 2 aromatic rings. The zero-order chi connectivity index (χ0) is 21.0. The average Bonchev–Trinajstić information content (AvgIpc) is 2.71. The van der Waals surface area contributed by atoms with E-state index >= 15 is 0 Å². The molecule has 1 heterocycles. The lowest BCUT2D eigenvalue weighted by Gasteiger charge is -2.31. The summed E-state index contributed by atoms with van der Waals surface area (Å²) in [6.07, 6.45) is 0.856. The van der Waals surface area contributed by atoms with E-state index in [4.69, 9.17) is 11.6 Å². The van der Waals surface area contributed by atoms with Crippen LogP contribution in [0.4, 0.5) is 4.39 Å². The molecule has 1 aliphatic rings. The van der Waals surface area contributed by atoms with Gasteiger partial charge in [0.2, 0.25) is 15.9 Å². The smallest absolute Gasteiger partial charge is 0.223 e. The summed E-state index contributed by atoms with van der Waals surface area (Å²) in [5.41, 5.74) is 0.994. The van der Waals surface area contributed by atoms with E-state index in [1.54, 1.807) is 0 Å². The molecular formula is C21H24ClFN2O3S. The first-order valence-electron chi connectivity index (χ1n) is 9.54. The summed E-state index contributed by atoms with van der Waals surface area (Å²) in [4.78, 5) is 12.6. The Morgan fingerprint density at radius 3 is 2.45 bits per heavy atom. The van der Waals surface area contributed by atoms with Crippen molar-refractivity contribution >= 4 is 27.5 Å².